The van der Waals surface area contributed by atoms with Crippen LogP contribution in [0, 0.1) is 6.92 Å². The Hall–Kier alpha value is -2.70. The summed E-state index contributed by atoms with van der Waals surface area (Å²) in [5.74, 6) is 1.28. The molecule has 1 amide bonds. The summed E-state index contributed by atoms with van der Waals surface area (Å²) in [6.07, 6.45) is 1.78. The van der Waals surface area contributed by atoms with E-state index in [1.807, 2.05) is 49.4 Å². The van der Waals surface area contributed by atoms with Crippen molar-refractivity contribution in [1.29, 1.82) is 0 Å². The van der Waals surface area contributed by atoms with Gasteiger partial charge in [-0.25, -0.2) is 9.97 Å². The topological polar surface area (TPSA) is 54.9 Å². The van der Waals surface area contributed by atoms with Gasteiger partial charge in [0, 0.05) is 23.2 Å². The molecule has 0 radical (unpaired) electrons. The molecule has 2 heterocycles. The molecule has 6 heteroatoms. The minimum absolute atomic E-state index is 0.0148. The van der Waals surface area contributed by atoms with Crippen LogP contribution in [0.25, 0.3) is 20.9 Å². The van der Waals surface area contributed by atoms with Crippen LogP contribution in [0.15, 0.2) is 66.9 Å². The van der Waals surface area contributed by atoms with E-state index in [9.17, 15) is 4.79 Å². The summed E-state index contributed by atoms with van der Waals surface area (Å²) in [4.78, 5) is 22.2. The number of aromatic nitrogens is 2. The molecule has 0 saturated carbocycles. The lowest BCUT2D eigenvalue weighted by atomic mass is 10.1. The highest BCUT2D eigenvalue weighted by molar-refractivity contribution is 7.99. The fraction of sp³-hybridized carbons (Fsp3) is 0.136. The first-order valence-corrected chi connectivity index (χ1v) is 10.9. The number of fused-ring (bicyclic) bond motifs is 1. The fourth-order valence-electron chi connectivity index (χ4n) is 2.85. The van der Waals surface area contributed by atoms with Gasteiger partial charge in [0.1, 0.15) is 15.4 Å². The second-order valence-corrected chi connectivity index (χ2v) is 8.37. The predicted octanol–water partition coefficient (Wildman–Crippen LogP) is 5.54. The summed E-state index contributed by atoms with van der Waals surface area (Å²) in [6.45, 7) is 2.00. The number of nitrogens with zero attached hydrogens (tertiary/aromatic N) is 2. The smallest absolute Gasteiger partial charge is 0.234 e. The second-order valence-electron chi connectivity index (χ2n) is 6.40. The molecule has 140 valence electrons. The molecule has 1 N–H and O–H groups in total. The lowest BCUT2D eigenvalue weighted by Crippen LogP contribution is -2.15. The van der Waals surface area contributed by atoms with Crippen molar-refractivity contribution in [3.8, 4) is 10.6 Å². The summed E-state index contributed by atoms with van der Waals surface area (Å²) in [6, 6.07) is 20.0. The molecule has 0 saturated heterocycles. The number of benzene rings is 2. The van der Waals surface area contributed by atoms with Gasteiger partial charge in [0.25, 0.3) is 0 Å². The summed E-state index contributed by atoms with van der Waals surface area (Å²) >= 11 is 3.19. The number of hydrogen-bond donors (Lipinski definition) is 1. The van der Waals surface area contributed by atoms with Gasteiger partial charge in [-0.15, -0.1) is 11.8 Å². The average molecular weight is 406 g/mol. The van der Waals surface area contributed by atoms with Crippen molar-refractivity contribution in [3.05, 3.63) is 78.0 Å². The number of anilines is 1. The van der Waals surface area contributed by atoms with E-state index in [0.29, 0.717) is 5.75 Å². The molecule has 0 atom stereocenters. The quantitative estimate of drug-likeness (QED) is 0.458. The number of aryl methyl sites for hydroxylation is 1. The van der Waals surface area contributed by atoms with E-state index < -0.39 is 0 Å². The number of nitrogens with one attached hydrogen (secondary N) is 1. The van der Waals surface area contributed by atoms with Gasteiger partial charge in [-0.2, -0.15) is 0 Å². The molecule has 0 bridgehead atoms. The largest absolute Gasteiger partial charge is 0.325 e. The minimum atomic E-state index is 0.0148. The zero-order chi connectivity index (χ0) is 19.3. The van der Waals surface area contributed by atoms with E-state index in [1.165, 1.54) is 5.56 Å². The van der Waals surface area contributed by atoms with E-state index in [-0.39, 0.29) is 5.91 Å². The third kappa shape index (κ3) is 4.40. The average Bonchev–Trinajstić information content (AvgIpc) is 3.14. The van der Waals surface area contributed by atoms with E-state index in [0.717, 1.165) is 37.9 Å². The summed E-state index contributed by atoms with van der Waals surface area (Å²) in [7, 11) is 0. The highest BCUT2D eigenvalue weighted by Crippen LogP contribution is 2.31. The minimum Gasteiger partial charge on any atom is -0.325 e. The maximum atomic E-state index is 12.3. The van der Waals surface area contributed by atoms with Crippen molar-refractivity contribution < 1.29 is 4.79 Å². The van der Waals surface area contributed by atoms with Crippen LogP contribution in [0.3, 0.4) is 0 Å². The van der Waals surface area contributed by atoms with Crippen LogP contribution < -0.4 is 5.32 Å². The zero-order valence-corrected chi connectivity index (χ0v) is 17.0. The molecule has 0 fully saturated rings. The van der Waals surface area contributed by atoms with Crippen LogP contribution in [0.4, 0.5) is 5.69 Å². The number of amides is 1. The van der Waals surface area contributed by atoms with Crippen molar-refractivity contribution >= 4 is 45.0 Å². The van der Waals surface area contributed by atoms with Gasteiger partial charge >= 0.3 is 0 Å². The van der Waals surface area contributed by atoms with Crippen LogP contribution in [0.2, 0.25) is 0 Å². The lowest BCUT2D eigenvalue weighted by molar-refractivity contribution is -0.113. The van der Waals surface area contributed by atoms with Gasteiger partial charge in [0.15, 0.2) is 0 Å². The van der Waals surface area contributed by atoms with Gasteiger partial charge in [-0.1, -0.05) is 41.7 Å². The van der Waals surface area contributed by atoms with Crippen molar-refractivity contribution in [3.63, 3.8) is 0 Å². The number of hydrogen-bond acceptors (Lipinski definition) is 5. The molecule has 0 aliphatic heterocycles. The Bertz CT molecular complexity index is 1080. The molecule has 4 aromatic rings. The number of pyridine rings is 1. The summed E-state index contributed by atoms with van der Waals surface area (Å²) in [5.41, 5.74) is 5.04. The standard InChI is InChI=1S/C22H19N3OS2/c1-15-12-17(21-25-19-8-5-11-23-22(19)28-21)9-10-18(15)24-20(26)14-27-13-16-6-3-2-4-7-16/h2-12H,13-14H2,1H3,(H,24,26). The van der Waals surface area contributed by atoms with Crippen molar-refractivity contribution in [2.45, 2.75) is 12.7 Å². The molecular weight excluding hydrogens is 386 g/mol. The van der Waals surface area contributed by atoms with Crippen LogP contribution in [0.5, 0.6) is 0 Å². The Balaban J connectivity index is 1.39. The van der Waals surface area contributed by atoms with E-state index >= 15 is 0 Å². The van der Waals surface area contributed by atoms with Gasteiger partial charge in [0.2, 0.25) is 5.91 Å². The van der Waals surface area contributed by atoms with Crippen LogP contribution in [0.1, 0.15) is 11.1 Å². The molecule has 0 spiro atoms. The molecule has 0 unspecified atom stereocenters. The Morgan fingerprint density at radius 2 is 1.96 bits per heavy atom. The van der Waals surface area contributed by atoms with E-state index in [2.05, 4.69) is 33.5 Å². The highest BCUT2D eigenvalue weighted by Gasteiger charge is 2.10. The van der Waals surface area contributed by atoms with Crippen molar-refractivity contribution in [2.24, 2.45) is 0 Å². The van der Waals surface area contributed by atoms with Crippen molar-refractivity contribution in [2.75, 3.05) is 11.1 Å². The molecule has 28 heavy (non-hydrogen) atoms. The van der Waals surface area contributed by atoms with Gasteiger partial charge in [0.05, 0.1) is 5.75 Å². The van der Waals surface area contributed by atoms with Gasteiger partial charge < -0.3 is 5.32 Å². The van der Waals surface area contributed by atoms with E-state index in [1.54, 1.807) is 29.3 Å². The third-order valence-electron chi connectivity index (χ3n) is 4.26. The number of thiazole rings is 1. The number of rotatable bonds is 6. The van der Waals surface area contributed by atoms with Crippen molar-refractivity contribution in [1.82, 2.24) is 9.97 Å². The summed E-state index contributed by atoms with van der Waals surface area (Å²) in [5, 5.41) is 3.95. The first kappa shape index (κ1) is 18.7. The van der Waals surface area contributed by atoms with Crippen LogP contribution >= 0.6 is 23.1 Å². The fourth-order valence-corrected chi connectivity index (χ4v) is 4.54. The molecule has 2 aromatic carbocycles. The maximum absolute atomic E-state index is 12.3. The SMILES string of the molecule is Cc1cc(-c2nc3cccnc3s2)ccc1NC(=O)CSCc1ccccc1. The predicted molar refractivity (Wildman–Crippen MR) is 119 cm³/mol. The van der Waals surface area contributed by atoms with Gasteiger partial charge in [-0.05, 0) is 48.4 Å². The molecule has 4 rings (SSSR count). The molecule has 2 aromatic heterocycles. The molecule has 0 aliphatic carbocycles. The summed E-state index contributed by atoms with van der Waals surface area (Å²) < 4.78 is 0. The normalized spacial score (nSPS) is 10.9. The Kier molecular flexibility index (Phi) is 5.69. The second kappa shape index (κ2) is 8.54. The van der Waals surface area contributed by atoms with Crippen LogP contribution in [-0.4, -0.2) is 21.6 Å². The number of carbonyl (C=O) groups is 1. The van der Waals surface area contributed by atoms with Crippen LogP contribution in [-0.2, 0) is 10.5 Å². The van der Waals surface area contributed by atoms with Gasteiger partial charge in [-0.3, -0.25) is 4.79 Å². The third-order valence-corrected chi connectivity index (χ3v) is 6.29. The molecule has 4 nitrogen and oxygen atoms in total. The monoisotopic (exact) mass is 405 g/mol. The lowest BCUT2D eigenvalue weighted by Gasteiger charge is -2.09. The zero-order valence-electron chi connectivity index (χ0n) is 15.4. The Morgan fingerprint density at radius 3 is 2.75 bits per heavy atom. The highest BCUT2D eigenvalue weighted by atomic mass is 32.2. The number of carbonyl (C=O) groups excluding carboxylic acids is 1. The molecular formula is C22H19N3OS2. The Morgan fingerprint density at radius 1 is 1.11 bits per heavy atom. The Labute approximate surface area is 172 Å². The first-order chi connectivity index (χ1) is 13.7. The first-order valence-electron chi connectivity index (χ1n) is 8.93. The molecule has 0 aliphatic rings. The number of thioether (sulfide) groups is 1. The van der Waals surface area contributed by atoms with E-state index in [4.69, 9.17) is 0 Å². The maximum Gasteiger partial charge on any atom is 0.234 e.